The van der Waals surface area contributed by atoms with Crippen LogP contribution in [0, 0.1) is 0 Å². The SMILES string of the molecule is O=C(NCc1ccccc1OC(F)F)Nc1ccc(Cl)cc1. The monoisotopic (exact) mass is 326 g/mol. The van der Waals surface area contributed by atoms with Gasteiger partial charge in [-0.25, -0.2) is 4.79 Å². The minimum atomic E-state index is -2.91. The summed E-state index contributed by atoms with van der Waals surface area (Å²) >= 11 is 5.74. The van der Waals surface area contributed by atoms with Gasteiger partial charge in [-0.1, -0.05) is 29.8 Å². The van der Waals surface area contributed by atoms with Crippen molar-refractivity contribution in [2.45, 2.75) is 13.2 Å². The molecule has 0 heterocycles. The third-order valence-corrected chi connectivity index (χ3v) is 2.98. The second kappa shape index (κ2) is 7.61. The van der Waals surface area contributed by atoms with E-state index in [1.807, 2.05) is 0 Å². The minimum absolute atomic E-state index is 0.0318. The summed E-state index contributed by atoms with van der Waals surface area (Å²) in [5, 5.41) is 5.73. The molecule has 0 saturated carbocycles. The van der Waals surface area contributed by atoms with Gasteiger partial charge in [-0.05, 0) is 30.3 Å². The summed E-state index contributed by atoms with van der Waals surface area (Å²) in [7, 11) is 0. The molecule has 0 aromatic heterocycles. The van der Waals surface area contributed by atoms with Gasteiger partial charge in [0.1, 0.15) is 5.75 Å². The first-order chi connectivity index (χ1) is 10.5. The molecule has 0 saturated heterocycles. The largest absolute Gasteiger partial charge is 0.434 e. The lowest BCUT2D eigenvalue weighted by atomic mass is 10.2. The Hall–Kier alpha value is -2.34. The first-order valence-electron chi connectivity index (χ1n) is 6.38. The molecule has 2 aromatic rings. The van der Waals surface area contributed by atoms with Gasteiger partial charge in [-0.3, -0.25) is 0 Å². The predicted molar refractivity (Wildman–Crippen MR) is 80.4 cm³/mol. The summed E-state index contributed by atoms with van der Waals surface area (Å²) in [5.41, 5.74) is 1.02. The standard InChI is InChI=1S/C15H13ClF2N2O2/c16-11-5-7-12(8-6-11)20-15(21)19-9-10-3-1-2-4-13(10)22-14(17)18/h1-8,14H,9H2,(H2,19,20,21). The fourth-order valence-electron chi connectivity index (χ4n) is 1.74. The first kappa shape index (κ1) is 16.0. The van der Waals surface area contributed by atoms with Crippen molar-refractivity contribution in [1.82, 2.24) is 5.32 Å². The van der Waals surface area contributed by atoms with E-state index in [4.69, 9.17) is 11.6 Å². The lowest BCUT2D eigenvalue weighted by molar-refractivity contribution is -0.0504. The predicted octanol–water partition coefficient (Wildman–Crippen LogP) is 4.26. The van der Waals surface area contributed by atoms with Crippen LogP contribution in [0.5, 0.6) is 5.75 Å². The maximum atomic E-state index is 12.3. The Morgan fingerprint density at radius 2 is 1.82 bits per heavy atom. The molecule has 0 radical (unpaired) electrons. The average Bonchev–Trinajstić information content (AvgIpc) is 2.48. The number of nitrogens with one attached hydrogen (secondary N) is 2. The number of rotatable bonds is 5. The van der Waals surface area contributed by atoms with E-state index >= 15 is 0 Å². The maximum absolute atomic E-state index is 12.3. The molecule has 2 aromatic carbocycles. The van der Waals surface area contributed by atoms with Crippen LogP contribution in [0.1, 0.15) is 5.56 Å². The topological polar surface area (TPSA) is 50.4 Å². The third-order valence-electron chi connectivity index (χ3n) is 2.73. The van der Waals surface area contributed by atoms with Gasteiger partial charge in [0.25, 0.3) is 0 Å². The van der Waals surface area contributed by atoms with Crippen LogP contribution in [-0.2, 0) is 6.54 Å². The Kier molecular flexibility index (Phi) is 5.55. The summed E-state index contributed by atoms with van der Waals surface area (Å²) in [6, 6.07) is 12.4. The second-order valence-electron chi connectivity index (χ2n) is 4.30. The van der Waals surface area contributed by atoms with Crippen LogP contribution >= 0.6 is 11.6 Å². The van der Waals surface area contributed by atoms with Gasteiger partial charge >= 0.3 is 12.6 Å². The maximum Gasteiger partial charge on any atom is 0.387 e. The third kappa shape index (κ3) is 4.89. The molecule has 0 aliphatic carbocycles. The zero-order valence-corrected chi connectivity index (χ0v) is 12.1. The van der Waals surface area contributed by atoms with E-state index in [9.17, 15) is 13.6 Å². The Bertz CT molecular complexity index is 636. The highest BCUT2D eigenvalue weighted by Gasteiger charge is 2.10. The molecule has 2 rings (SSSR count). The highest BCUT2D eigenvalue weighted by molar-refractivity contribution is 6.30. The summed E-state index contributed by atoms with van der Waals surface area (Å²) in [6.07, 6.45) is 0. The molecular weight excluding hydrogens is 314 g/mol. The van der Waals surface area contributed by atoms with E-state index < -0.39 is 12.6 Å². The van der Waals surface area contributed by atoms with Gasteiger partial charge in [0.05, 0.1) is 0 Å². The molecular formula is C15H13ClF2N2O2. The van der Waals surface area contributed by atoms with Gasteiger partial charge in [0.15, 0.2) is 0 Å². The van der Waals surface area contributed by atoms with Crippen LogP contribution in [0.15, 0.2) is 48.5 Å². The van der Waals surface area contributed by atoms with Crippen LogP contribution in [0.2, 0.25) is 5.02 Å². The van der Waals surface area contributed by atoms with E-state index in [0.29, 0.717) is 16.3 Å². The van der Waals surface area contributed by atoms with E-state index in [-0.39, 0.29) is 12.3 Å². The average molecular weight is 327 g/mol. The molecule has 0 unspecified atom stereocenters. The number of para-hydroxylation sites is 1. The van der Waals surface area contributed by atoms with Gasteiger partial charge in [-0.15, -0.1) is 0 Å². The molecule has 22 heavy (non-hydrogen) atoms. The number of amides is 2. The number of carbonyl (C=O) groups is 1. The molecule has 4 nitrogen and oxygen atoms in total. The fourth-order valence-corrected chi connectivity index (χ4v) is 1.87. The number of benzene rings is 2. The summed E-state index contributed by atoms with van der Waals surface area (Å²) in [5.74, 6) is 0.0318. The number of hydrogen-bond acceptors (Lipinski definition) is 2. The van der Waals surface area contributed by atoms with E-state index in [2.05, 4.69) is 15.4 Å². The van der Waals surface area contributed by atoms with Crippen molar-refractivity contribution in [3.63, 3.8) is 0 Å². The molecule has 0 spiro atoms. The zero-order valence-electron chi connectivity index (χ0n) is 11.4. The Balaban J connectivity index is 1.92. The molecule has 2 N–H and O–H groups in total. The molecule has 2 amide bonds. The van der Waals surface area contributed by atoms with Crippen LogP contribution in [0.4, 0.5) is 19.3 Å². The van der Waals surface area contributed by atoms with Crippen molar-refractivity contribution < 1.29 is 18.3 Å². The van der Waals surface area contributed by atoms with Crippen molar-refractivity contribution >= 4 is 23.3 Å². The van der Waals surface area contributed by atoms with Gasteiger partial charge in [0, 0.05) is 22.8 Å². The van der Waals surface area contributed by atoms with E-state index in [1.165, 1.54) is 6.07 Å². The normalized spacial score (nSPS) is 10.4. The van der Waals surface area contributed by atoms with Crippen molar-refractivity contribution in [1.29, 1.82) is 0 Å². The van der Waals surface area contributed by atoms with E-state index in [0.717, 1.165) is 0 Å². The summed E-state index contributed by atoms with van der Waals surface area (Å²) in [6.45, 7) is -2.86. The number of urea groups is 1. The molecule has 0 aliphatic heterocycles. The minimum Gasteiger partial charge on any atom is -0.434 e. The lowest BCUT2D eigenvalue weighted by Crippen LogP contribution is -2.28. The van der Waals surface area contributed by atoms with Gasteiger partial charge in [0.2, 0.25) is 0 Å². The molecule has 0 aliphatic rings. The highest BCUT2D eigenvalue weighted by Crippen LogP contribution is 2.20. The van der Waals surface area contributed by atoms with Crippen molar-refractivity contribution in [3.05, 3.63) is 59.1 Å². The van der Waals surface area contributed by atoms with Crippen molar-refractivity contribution in [3.8, 4) is 5.75 Å². The Morgan fingerprint density at radius 3 is 2.50 bits per heavy atom. The number of hydrogen-bond donors (Lipinski definition) is 2. The number of anilines is 1. The molecule has 7 heteroatoms. The second-order valence-corrected chi connectivity index (χ2v) is 4.74. The molecule has 0 fully saturated rings. The lowest BCUT2D eigenvalue weighted by Gasteiger charge is -2.12. The number of carbonyl (C=O) groups excluding carboxylic acids is 1. The summed E-state index contributed by atoms with van der Waals surface area (Å²) in [4.78, 5) is 11.8. The van der Waals surface area contributed by atoms with Crippen LogP contribution in [-0.4, -0.2) is 12.6 Å². The van der Waals surface area contributed by atoms with Crippen LogP contribution in [0.3, 0.4) is 0 Å². The molecule has 0 bridgehead atoms. The van der Waals surface area contributed by atoms with Crippen LogP contribution in [0.25, 0.3) is 0 Å². The molecule has 0 atom stereocenters. The number of alkyl halides is 2. The van der Waals surface area contributed by atoms with Crippen molar-refractivity contribution in [2.75, 3.05) is 5.32 Å². The van der Waals surface area contributed by atoms with Crippen LogP contribution < -0.4 is 15.4 Å². The number of ether oxygens (including phenoxy) is 1. The smallest absolute Gasteiger partial charge is 0.387 e. The number of halogens is 3. The van der Waals surface area contributed by atoms with E-state index in [1.54, 1.807) is 42.5 Å². The zero-order chi connectivity index (χ0) is 15.9. The van der Waals surface area contributed by atoms with Gasteiger partial charge < -0.3 is 15.4 Å². The van der Waals surface area contributed by atoms with Gasteiger partial charge in [-0.2, -0.15) is 8.78 Å². The quantitative estimate of drug-likeness (QED) is 0.862. The Morgan fingerprint density at radius 1 is 1.14 bits per heavy atom. The van der Waals surface area contributed by atoms with Crippen molar-refractivity contribution in [2.24, 2.45) is 0 Å². The Labute approximate surface area is 131 Å². The molecule has 116 valence electrons. The fraction of sp³-hybridized carbons (Fsp3) is 0.133. The highest BCUT2D eigenvalue weighted by atomic mass is 35.5. The summed E-state index contributed by atoms with van der Waals surface area (Å²) < 4.78 is 29.0. The first-order valence-corrected chi connectivity index (χ1v) is 6.75.